The van der Waals surface area contributed by atoms with Gasteiger partial charge < -0.3 is 25.0 Å². The summed E-state index contributed by atoms with van der Waals surface area (Å²) in [7, 11) is 0. The predicted molar refractivity (Wildman–Crippen MR) is 142 cm³/mol. The van der Waals surface area contributed by atoms with Crippen LogP contribution in [0.2, 0.25) is 0 Å². The van der Waals surface area contributed by atoms with Gasteiger partial charge in [-0.1, -0.05) is 48.5 Å². The fourth-order valence-electron chi connectivity index (χ4n) is 5.01. The molecule has 4 rings (SSSR count). The first-order valence-corrected chi connectivity index (χ1v) is 13.6. The molecule has 2 aliphatic rings. The maximum Gasteiger partial charge on any atom is 0.243 e. The zero-order chi connectivity index (χ0) is 27.6. The van der Waals surface area contributed by atoms with Crippen molar-refractivity contribution in [1.29, 1.82) is 0 Å². The van der Waals surface area contributed by atoms with Gasteiger partial charge in [-0.3, -0.25) is 19.7 Å². The Kier molecular flexibility index (Phi) is 10.8. The average molecular weight is 542 g/mol. The lowest BCUT2D eigenvalue weighted by Gasteiger charge is -2.37. The summed E-state index contributed by atoms with van der Waals surface area (Å²) in [6, 6.07) is 15.6. The number of carbonyl (C=O) groups is 2. The highest BCUT2D eigenvalue weighted by molar-refractivity contribution is 5.76. The van der Waals surface area contributed by atoms with Gasteiger partial charge in [-0.05, 0) is 36.0 Å². The van der Waals surface area contributed by atoms with Gasteiger partial charge in [0.1, 0.15) is 0 Å². The number of aliphatic hydroxyl groups excluding tert-OH is 2. The number of hydrogen-bond acceptors (Lipinski definition) is 8. The molecule has 0 aromatic heterocycles. The van der Waals surface area contributed by atoms with Gasteiger partial charge in [0.05, 0.1) is 24.9 Å². The Morgan fingerprint density at radius 3 is 2.23 bits per heavy atom. The molecule has 4 atom stereocenters. The van der Waals surface area contributed by atoms with E-state index in [-0.39, 0.29) is 37.2 Å². The maximum atomic E-state index is 12.1. The van der Waals surface area contributed by atoms with Crippen molar-refractivity contribution in [1.82, 2.24) is 15.7 Å². The van der Waals surface area contributed by atoms with Crippen LogP contribution in [-0.2, 0) is 32.2 Å². The molecule has 4 unspecified atom stereocenters. The van der Waals surface area contributed by atoms with E-state index < -0.39 is 12.2 Å². The van der Waals surface area contributed by atoms with E-state index >= 15 is 0 Å². The Labute approximate surface area is 228 Å². The molecular formula is C29H39N3O7. The van der Waals surface area contributed by atoms with Gasteiger partial charge in [0.2, 0.25) is 11.8 Å². The van der Waals surface area contributed by atoms with Crippen LogP contribution in [0, 0.1) is 0 Å². The molecule has 0 saturated carbocycles. The van der Waals surface area contributed by atoms with E-state index in [1.807, 2.05) is 48.5 Å². The van der Waals surface area contributed by atoms with Crippen molar-refractivity contribution in [3.8, 4) is 0 Å². The van der Waals surface area contributed by atoms with Crippen LogP contribution in [0.4, 0.5) is 0 Å². The quantitative estimate of drug-likeness (QED) is 0.157. The Balaban J connectivity index is 1.34. The molecule has 10 heteroatoms. The second-order valence-corrected chi connectivity index (χ2v) is 10.3. The Hall–Kier alpha value is -2.86. The fraction of sp³-hybridized carbons (Fsp3) is 0.517. The summed E-state index contributed by atoms with van der Waals surface area (Å²) in [6.45, 7) is 2.60. The predicted octanol–water partition coefficient (Wildman–Crippen LogP) is 2.47. The van der Waals surface area contributed by atoms with Gasteiger partial charge in [-0.2, -0.15) is 0 Å². The standard InChI is InChI=1S/C29H39N3O7/c33-19-21-7-9-22(10-8-21)26-15-25(18-32-14-13-24(34)17-32)38-29(39-26)23-11-5-20(6-12-23)16-30-27(35)3-1-2-4-28(36)31-37/h5-12,24-26,29,33-34,37H,1-4,13-19H2,(H,30,35)(H,31,36). The third-order valence-corrected chi connectivity index (χ3v) is 7.25. The smallest absolute Gasteiger partial charge is 0.243 e. The molecule has 39 heavy (non-hydrogen) atoms. The number of rotatable bonds is 12. The third-order valence-electron chi connectivity index (χ3n) is 7.25. The summed E-state index contributed by atoms with van der Waals surface area (Å²) >= 11 is 0. The summed E-state index contributed by atoms with van der Waals surface area (Å²) in [6.07, 6.45) is 1.98. The lowest BCUT2D eigenvalue weighted by atomic mass is 9.99. The van der Waals surface area contributed by atoms with Gasteiger partial charge in [0.25, 0.3) is 0 Å². The monoisotopic (exact) mass is 541 g/mol. The largest absolute Gasteiger partial charge is 0.392 e. The number of hydroxylamine groups is 1. The minimum atomic E-state index is -0.557. The number of β-amino-alcohol motifs (C(OH)–C–C–N with tert-alkyl or cyclic N) is 1. The Morgan fingerprint density at radius 2 is 1.59 bits per heavy atom. The number of nitrogens with zero attached hydrogens (tertiary/aromatic N) is 1. The first kappa shape index (κ1) is 29.1. The molecule has 2 aromatic rings. The topological polar surface area (TPSA) is 141 Å². The zero-order valence-electron chi connectivity index (χ0n) is 22.1. The summed E-state index contributed by atoms with van der Waals surface area (Å²) in [5.74, 6) is -0.541. The SMILES string of the molecule is O=C(CCCCC(=O)NCc1ccc(C2OC(CN3CCC(O)C3)CC(c3ccc(CO)cc3)O2)cc1)NO. The second kappa shape index (κ2) is 14.5. The van der Waals surface area contributed by atoms with E-state index in [4.69, 9.17) is 14.7 Å². The van der Waals surface area contributed by atoms with Crippen LogP contribution >= 0.6 is 0 Å². The van der Waals surface area contributed by atoms with Gasteiger partial charge in [0, 0.05) is 51.0 Å². The Bertz CT molecular complexity index is 1060. The maximum absolute atomic E-state index is 12.1. The molecule has 2 amide bonds. The van der Waals surface area contributed by atoms with Gasteiger partial charge >= 0.3 is 0 Å². The van der Waals surface area contributed by atoms with Crippen LogP contribution in [0.5, 0.6) is 0 Å². The van der Waals surface area contributed by atoms with E-state index in [1.54, 1.807) is 5.48 Å². The molecular weight excluding hydrogens is 502 g/mol. The van der Waals surface area contributed by atoms with Crippen molar-refractivity contribution in [3.05, 3.63) is 70.8 Å². The first-order valence-electron chi connectivity index (χ1n) is 13.6. The number of benzene rings is 2. The van der Waals surface area contributed by atoms with E-state index in [2.05, 4.69) is 10.2 Å². The highest BCUT2D eigenvalue weighted by atomic mass is 16.7. The first-order chi connectivity index (χ1) is 18.9. The molecule has 0 spiro atoms. The summed E-state index contributed by atoms with van der Waals surface area (Å²) < 4.78 is 12.8. The minimum absolute atomic E-state index is 0.00634. The molecule has 2 fully saturated rings. The minimum Gasteiger partial charge on any atom is -0.392 e. The zero-order valence-corrected chi connectivity index (χ0v) is 22.1. The van der Waals surface area contributed by atoms with Crippen molar-refractivity contribution in [2.45, 2.75) is 76.3 Å². The number of amides is 2. The van der Waals surface area contributed by atoms with Gasteiger partial charge in [-0.15, -0.1) is 0 Å². The van der Waals surface area contributed by atoms with E-state index in [0.29, 0.717) is 38.8 Å². The van der Waals surface area contributed by atoms with Crippen LogP contribution in [0.3, 0.4) is 0 Å². The highest BCUT2D eigenvalue weighted by Crippen LogP contribution is 2.38. The molecule has 2 aliphatic heterocycles. The highest BCUT2D eigenvalue weighted by Gasteiger charge is 2.34. The van der Waals surface area contributed by atoms with Gasteiger partial charge in [0.15, 0.2) is 6.29 Å². The number of ether oxygens (including phenoxy) is 2. The summed E-state index contributed by atoms with van der Waals surface area (Å²) in [5, 5.41) is 30.7. The number of nitrogens with one attached hydrogen (secondary N) is 2. The van der Waals surface area contributed by atoms with E-state index in [0.717, 1.165) is 41.8 Å². The van der Waals surface area contributed by atoms with Crippen molar-refractivity contribution in [3.63, 3.8) is 0 Å². The van der Waals surface area contributed by atoms with Crippen molar-refractivity contribution >= 4 is 11.8 Å². The molecule has 10 nitrogen and oxygen atoms in total. The normalized spacial score (nSPS) is 23.5. The lowest BCUT2D eigenvalue weighted by Crippen LogP contribution is -2.38. The number of carbonyl (C=O) groups excluding carboxylic acids is 2. The number of unbranched alkanes of at least 4 members (excludes halogenated alkanes) is 1. The molecule has 0 aliphatic carbocycles. The number of hydrogen-bond donors (Lipinski definition) is 5. The lowest BCUT2D eigenvalue weighted by molar-refractivity contribution is -0.252. The molecule has 212 valence electrons. The van der Waals surface area contributed by atoms with Gasteiger partial charge in [-0.25, -0.2) is 5.48 Å². The van der Waals surface area contributed by atoms with Crippen LogP contribution in [0.25, 0.3) is 0 Å². The van der Waals surface area contributed by atoms with Crippen molar-refractivity contribution in [2.75, 3.05) is 19.6 Å². The molecule has 5 N–H and O–H groups in total. The number of likely N-dealkylation sites (tertiary alicyclic amines) is 1. The van der Waals surface area contributed by atoms with Crippen molar-refractivity contribution in [2.24, 2.45) is 0 Å². The second-order valence-electron chi connectivity index (χ2n) is 10.3. The van der Waals surface area contributed by atoms with Crippen molar-refractivity contribution < 1.29 is 34.5 Å². The van der Waals surface area contributed by atoms with Crippen LogP contribution in [0.15, 0.2) is 48.5 Å². The summed E-state index contributed by atoms with van der Waals surface area (Å²) in [4.78, 5) is 25.4. The van der Waals surface area contributed by atoms with Crippen LogP contribution in [-0.4, -0.2) is 64.0 Å². The Morgan fingerprint density at radius 1 is 0.923 bits per heavy atom. The van der Waals surface area contributed by atoms with E-state index in [9.17, 15) is 19.8 Å². The summed E-state index contributed by atoms with van der Waals surface area (Å²) in [5.41, 5.74) is 5.30. The molecule has 0 radical (unpaired) electrons. The number of aliphatic hydroxyl groups is 2. The third kappa shape index (κ3) is 8.82. The molecule has 2 saturated heterocycles. The average Bonchev–Trinajstić information content (AvgIpc) is 3.38. The molecule has 0 bridgehead atoms. The van der Waals surface area contributed by atoms with Crippen LogP contribution < -0.4 is 10.8 Å². The molecule has 2 heterocycles. The molecule has 2 aromatic carbocycles. The van der Waals surface area contributed by atoms with Crippen LogP contribution in [0.1, 0.15) is 73.2 Å². The van der Waals surface area contributed by atoms with E-state index in [1.165, 1.54) is 0 Å². The fourth-order valence-corrected chi connectivity index (χ4v) is 5.01.